The predicted molar refractivity (Wildman–Crippen MR) is 63.6 cm³/mol. The van der Waals surface area contributed by atoms with Crippen LogP contribution in [-0.2, 0) is 15.5 Å². The number of aliphatic carboxylic acids is 1. The summed E-state index contributed by atoms with van der Waals surface area (Å²) in [4.78, 5) is 22.1. The zero-order chi connectivity index (χ0) is 14.5. The molecule has 19 heavy (non-hydrogen) atoms. The number of nitrogens with zero attached hydrogens (tertiary/aromatic N) is 1. The zero-order valence-electron chi connectivity index (χ0n) is 10.1. The van der Waals surface area contributed by atoms with Gasteiger partial charge in [0.25, 0.3) is 5.92 Å². The Bertz CT molecular complexity index is 436. The summed E-state index contributed by atoms with van der Waals surface area (Å²) in [7, 11) is 0. The van der Waals surface area contributed by atoms with Crippen molar-refractivity contribution >= 4 is 11.9 Å². The van der Waals surface area contributed by atoms with Crippen molar-refractivity contribution in [2.24, 2.45) is 5.73 Å². The zero-order valence-corrected chi connectivity index (χ0v) is 10.1. The minimum absolute atomic E-state index is 0.241. The molecule has 1 aromatic carbocycles. The Morgan fingerprint density at radius 1 is 1.21 bits per heavy atom. The SMILES string of the molecule is NC(=O)CN(CC(=O)O)CC(F)(F)c1ccccc1. The molecule has 5 nitrogen and oxygen atoms in total. The number of rotatable bonds is 7. The lowest BCUT2D eigenvalue weighted by atomic mass is 10.1. The van der Waals surface area contributed by atoms with Crippen molar-refractivity contribution < 1.29 is 23.5 Å². The third-order valence-corrected chi connectivity index (χ3v) is 2.36. The Labute approximate surface area is 108 Å². The van der Waals surface area contributed by atoms with Crippen LogP contribution in [0.15, 0.2) is 30.3 Å². The molecule has 0 saturated heterocycles. The number of primary amides is 1. The second-order valence-electron chi connectivity index (χ2n) is 4.08. The van der Waals surface area contributed by atoms with Crippen LogP contribution < -0.4 is 5.73 Å². The van der Waals surface area contributed by atoms with E-state index in [0.717, 1.165) is 4.90 Å². The molecular formula is C12H14F2N2O3. The van der Waals surface area contributed by atoms with E-state index in [4.69, 9.17) is 10.8 Å². The molecule has 7 heteroatoms. The summed E-state index contributed by atoms with van der Waals surface area (Å²) in [6, 6.07) is 6.99. The van der Waals surface area contributed by atoms with Gasteiger partial charge in [0.1, 0.15) is 0 Å². The van der Waals surface area contributed by atoms with E-state index < -0.39 is 37.4 Å². The minimum atomic E-state index is -3.26. The monoisotopic (exact) mass is 272 g/mol. The van der Waals surface area contributed by atoms with Crippen LogP contribution in [0.25, 0.3) is 0 Å². The highest BCUT2D eigenvalue weighted by Gasteiger charge is 2.34. The van der Waals surface area contributed by atoms with E-state index in [1.165, 1.54) is 24.3 Å². The normalized spacial score (nSPS) is 11.5. The Hall–Kier alpha value is -2.02. The largest absolute Gasteiger partial charge is 0.480 e. The molecule has 0 aliphatic rings. The third kappa shape index (κ3) is 5.01. The fourth-order valence-electron chi connectivity index (χ4n) is 1.63. The Kier molecular flexibility index (Phi) is 4.94. The van der Waals surface area contributed by atoms with Crippen molar-refractivity contribution in [2.45, 2.75) is 5.92 Å². The van der Waals surface area contributed by atoms with E-state index in [9.17, 15) is 18.4 Å². The van der Waals surface area contributed by atoms with Crippen LogP contribution in [-0.4, -0.2) is 41.5 Å². The number of carbonyl (C=O) groups is 2. The minimum Gasteiger partial charge on any atom is -0.480 e. The van der Waals surface area contributed by atoms with Gasteiger partial charge < -0.3 is 10.8 Å². The molecular weight excluding hydrogens is 258 g/mol. The van der Waals surface area contributed by atoms with Gasteiger partial charge in [0.15, 0.2) is 0 Å². The molecule has 0 radical (unpaired) electrons. The van der Waals surface area contributed by atoms with E-state index in [-0.39, 0.29) is 5.56 Å². The maximum atomic E-state index is 13.9. The van der Waals surface area contributed by atoms with E-state index in [2.05, 4.69) is 0 Å². The Morgan fingerprint density at radius 3 is 2.26 bits per heavy atom. The van der Waals surface area contributed by atoms with Gasteiger partial charge in [0.2, 0.25) is 5.91 Å². The molecule has 1 rings (SSSR count). The molecule has 0 atom stereocenters. The van der Waals surface area contributed by atoms with Gasteiger partial charge in [-0.2, -0.15) is 8.78 Å². The number of hydrogen-bond acceptors (Lipinski definition) is 3. The fraction of sp³-hybridized carbons (Fsp3) is 0.333. The highest BCUT2D eigenvalue weighted by Crippen LogP contribution is 2.28. The lowest BCUT2D eigenvalue weighted by Crippen LogP contribution is -2.43. The third-order valence-electron chi connectivity index (χ3n) is 2.36. The number of halogens is 2. The van der Waals surface area contributed by atoms with Crippen molar-refractivity contribution in [3.63, 3.8) is 0 Å². The molecule has 0 spiro atoms. The number of benzene rings is 1. The van der Waals surface area contributed by atoms with Crippen molar-refractivity contribution in [1.82, 2.24) is 4.90 Å². The van der Waals surface area contributed by atoms with Crippen molar-refractivity contribution in [2.75, 3.05) is 19.6 Å². The molecule has 0 fully saturated rings. The molecule has 0 aromatic heterocycles. The molecule has 104 valence electrons. The second-order valence-corrected chi connectivity index (χ2v) is 4.08. The van der Waals surface area contributed by atoms with Gasteiger partial charge >= 0.3 is 5.97 Å². The van der Waals surface area contributed by atoms with Crippen LogP contribution in [0, 0.1) is 0 Å². The van der Waals surface area contributed by atoms with E-state index in [0.29, 0.717) is 0 Å². The summed E-state index contributed by atoms with van der Waals surface area (Å²) in [5.74, 6) is -5.41. The van der Waals surface area contributed by atoms with Crippen LogP contribution in [0.3, 0.4) is 0 Å². The lowest BCUT2D eigenvalue weighted by molar-refractivity contribution is -0.140. The van der Waals surface area contributed by atoms with E-state index in [1.807, 2.05) is 0 Å². The van der Waals surface area contributed by atoms with Crippen LogP contribution >= 0.6 is 0 Å². The fourth-order valence-corrected chi connectivity index (χ4v) is 1.63. The molecule has 0 saturated carbocycles. The first-order valence-corrected chi connectivity index (χ1v) is 5.47. The molecule has 0 bridgehead atoms. The summed E-state index contributed by atoms with van der Waals surface area (Å²) in [5.41, 5.74) is 4.67. The predicted octanol–water partition coefficient (Wildman–Crippen LogP) is 0.650. The van der Waals surface area contributed by atoms with E-state index >= 15 is 0 Å². The van der Waals surface area contributed by atoms with Crippen LogP contribution in [0.1, 0.15) is 5.56 Å². The lowest BCUT2D eigenvalue weighted by Gasteiger charge is -2.25. The van der Waals surface area contributed by atoms with Crippen LogP contribution in [0.4, 0.5) is 8.78 Å². The Balaban J connectivity index is 2.82. The number of nitrogens with two attached hydrogens (primary N) is 1. The van der Waals surface area contributed by atoms with Crippen molar-refractivity contribution in [1.29, 1.82) is 0 Å². The maximum absolute atomic E-state index is 13.9. The number of carboxylic acid groups (broad SMARTS) is 1. The van der Waals surface area contributed by atoms with Gasteiger partial charge in [-0.25, -0.2) is 0 Å². The quantitative estimate of drug-likeness (QED) is 0.763. The maximum Gasteiger partial charge on any atom is 0.317 e. The first-order valence-electron chi connectivity index (χ1n) is 5.47. The molecule has 0 heterocycles. The summed E-state index contributed by atoms with van der Waals surface area (Å²) in [5, 5.41) is 8.63. The highest BCUT2D eigenvalue weighted by molar-refractivity contribution is 5.77. The number of alkyl halides is 2. The van der Waals surface area contributed by atoms with Gasteiger partial charge in [-0.15, -0.1) is 0 Å². The number of hydrogen-bond donors (Lipinski definition) is 2. The first kappa shape index (κ1) is 15.0. The second kappa shape index (κ2) is 6.24. The topological polar surface area (TPSA) is 83.6 Å². The van der Waals surface area contributed by atoms with Gasteiger partial charge in [0, 0.05) is 5.56 Å². The summed E-state index contributed by atoms with van der Waals surface area (Å²) >= 11 is 0. The van der Waals surface area contributed by atoms with Gasteiger partial charge in [-0.1, -0.05) is 30.3 Å². The summed E-state index contributed by atoms with van der Waals surface area (Å²) in [6.45, 7) is -2.09. The first-order chi connectivity index (χ1) is 8.81. The highest BCUT2D eigenvalue weighted by atomic mass is 19.3. The van der Waals surface area contributed by atoms with Crippen molar-refractivity contribution in [3.05, 3.63) is 35.9 Å². The van der Waals surface area contributed by atoms with E-state index in [1.54, 1.807) is 6.07 Å². The smallest absolute Gasteiger partial charge is 0.317 e. The summed E-state index contributed by atoms with van der Waals surface area (Å²) in [6.07, 6.45) is 0. The molecule has 0 unspecified atom stereocenters. The van der Waals surface area contributed by atoms with Gasteiger partial charge in [0.05, 0.1) is 19.6 Å². The molecule has 3 N–H and O–H groups in total. The standard InChI is InChI=1S/C12H14F2N2O3/c13-12(14,9-4-2-1-3-5-9)8-16(6-10(15)17)7-11(18)19/h1-5H,6-8H2,(H2,15,17)(H,18,19). The van der Waals surface area contributed by atoms with Crippen LogP contribution in [0.2, 0.25) is 0 Å². The molecule has 0 aliphatic carbocycles. The average molecular weight is 272 g/mol. The molecule has 0 aliphatic heterocycles. The number of amides is 1. The van der Waals surface area contributed by atoms with Crippen molar-refractivity contribution in [3.8, 4) is 0 Å². The van der Waals surface area contributed by atoms with Gasteiger partial charge in [-0.3, -0.25) is 14.5 Å². The molecule has 1 amide bonds. The number of carbonyl (C=O) groups excluding carboxylic acids is 1. The molecule has 1 aromatic rings. The average Bonchev–Trinajstić information content (AvgIpc) is 2.27. The van der Waals surface area contributed by atoms with Gasteiger partial charge in [-0.05, 0) is 0 Å². The Morgan fingerprint density at radius 2 is 1.79 bits per heavy atom. The summed E-state index contributed by atoms with van der Waals surface area (Å²) < 4.78 is 27.8. The number of carboxylic acids is 1. The van der Waals surface area contributed by atoms with Crippen LogP contribution in [0.5, 0.6) is 0 Å².